The van der Waals surface area contributed by atoms with Crippen molar-refractivity contribution in [1.29, 1.82) is 5.26 Å². The molecule has 112 valence electrons. The van der Waals surface area contributed by atoms with E-state index in [2.05, 4.69) is 6.07 Å². The maximum Gasteiger partial charge on any atom is 0.352 e. The lowest BCUT2D eigenvalue weighted by Crippen LogP contribution is -2.56. The molecule has 4 atom stereocenters. The number of rotatable bonds is 1. The fourth-order valence-electron chi connectivity index (χ4n) is 4.09. The molecule has 1 aromatic carbocycles. The summed E-state index contributed by atoms with van der Waals surface area (Å²) in [5, 5.41) is 9.66. The number of para-hydroxylation sites is 1. The van der Waals surface area contributed by atoms with Gasteiger partial charge in [-0.05, 0) is 12.1 Å². The van der Waals surface area contributed by atoms with Crippen molar-refractivity contribution in [3.05, 3.63) is 75.6 Å². The van der Waals surface area contributed by atoms with Gasteiger partial charge in [0.15, 0.2) is 0 Å². The molecular formula is C17H12N4O2. The van der Waals surface area contributed by atoms with E-state index < -0.39 is 17.1 Å². The lowest BCUT2D eigenvalue weighted by molar-refractivity contribution is 0.0852. The zero-order valence-corrected chi connectivity index (χ0v) is 12.0. The molecule has 4 unspecified atom stereocenters. The Bertz CT molecular complexity index is 1050. The van der Waals surface area contributed by atoms with E-state index >= 15 is 0 Å². The van der Waals surface area contributed by atoms with E-state index in [1.54, 1.807) is 24.3 Å². The quantitative estimate of drug-likeness (QED) is 0.742. The lowest BCUT2D eigenvalue weighted by Gasteiger charge is -2.52. The Labute approximate surface area is 130 Å². The minimum atomic E-state index is -0.710. The summed E-state index contributed by atoms with van der Waals surface area (Å²) in [6.07, 6.45) is 7.64. The van der Waals surface area contributed by atoms with Gasteiger partial charge >= 0.3 is 11.4 Å². The minimum absolute atomic E-state index is 0.0498. The number of benzene rings is 1. The fourth-order valence-corrected chi connectivity index (χ4v) is 4.09. The maximum atomic E-state index is 12.9. The van der Waals surface area contributed by atoms with Crippen LogP contribution in [0.25, 0.3) is 5.69 Å². The third kappa shape index (κ3) is 1.21. The molecule has 6 rings (SSSR count). The molecule has 2 aliphatic heterocycles. The highest BCUT2D eigenvalue weighted by atomic mass is 16.2. The van der Waals surface area contributed by atoms with Crippen LogP contribution in [-0.4, -0.2) is 13.9 Å². The second-order valence-electron chi connectivity index (χ2n) is 6.18. The Kier molecular flexibility index (Phi) is 2.07. The summed E-state index contributed by atoms with van der Waals surface area (Å²) in [4.78, 5) is 25.8. The topological polar surface area (TPSA) is 72.7 Å². The Hall–Kier alpha value is -3.07. The summed E-state index contributed by atoms with van der Waals surface area (Å²) in [5.74, 6) is -0.0498. The van der Waals surface area contributed by atoms with E-state index in [9.17, 15) is 14.9 Å². The Morgan fingerprint density at radius 1 is 1.00 bits per heavy atom. The van der Waals surface area contributed by atoms with Crippen molar-refractivity contribution in [1.82, 2.24) is 13.9 Å². The van der Waals surface area contributed by atoms with Crippen LogP contribution < -0.4 is 11.4 Å². The van der Waals surface area contributed by atoms with Gasteiger partial charge in [0.25, 0.3) is 0 Å². The standard InChI is InChI=1S/C17H12N4O2/c18-10-17-9-8-12(17)13-6-7-14(17)21-16(23)19(15(22)20(13)21)11-4-2-1-3-5-11/h1-9,12-14H. The second kappa shape index (κ2) is 3.82. The summed E-state index contributed by atoms with van der Waals surface area (Å²) in [6, 6.07) is 10.5. The van der Waals surface area contributed by atoms with Crippen LogP contribution >= 0.6 is 0 Å². The number of allylic oxidation sites excluding steroid dienone is 4. The van der Waals surface area contributed by atoms with Crippen molar-refractivity contribution >= 4 is 0 Å². The molecule has 0 spiro atoms. The van der Waals surface area contributed by atoms with Gasteiger partial charge in [-0.25, -0.2) is 23.5 Å². The van der Waals surface area contributed by atoms with Crippen molar-refractivity contribution in [2.24, 2.45) is 11.3 Å². The monoisotopic (exact) mass is 304 g/mol. The summed E-state index contributed by atoms with van der Waals surface area (Å²) < 4.78 is 4.13. The van der Waals surface area contributed by atoms with E-state index in [1.807, 2.05) is 30.4 Å². The Balaban J connectivity index is 1.84. The number of hydrogen-bond donors (Lipinski definition) is 0. The van der Waals surface area contributed by atoms with Gasteiger partial charge in [-0.1, -0.05) is 42.5 Å². The van der Waals surface area contributed by atoms with Gasteiger partial charge in [-0.3, -0.25) is 0 Å². The normalized spacial score (nSPS) is 32.0. The van der Waals surface area contributed by atoms with Crippen LogP contribution in [-0.2, 0) is 0 Å². The predicted octanol–water partition coefficient (Wildman–Crippen LogP) is 1.16. The average Bonchev–Trinajstić information content (AvgIpc) is 2.81. The van der Waals surface area contributed by atoms with Gasteiger partial charge in [0.1, 0.15) is 5.41 Å². The smallest absolute Gasteiger partial charge is 0.245 e. The van der Waals surface area contributed by atoms with Crippen LogP contribution in [0.1, 0.15) is 12.1 Å². The van der Waals surface area contributed by atoms with E-state index in [1.165, 1.54) is 13.9 Å². The molecule has 0 radical (unpaired) electrons. The van der Waals surface area contributed by atoms with Crippen LogP contribution in [0, 0.1) is 22.7 Å². The van der Waals surface area contributed by atoms with Crippen LogP contribution in [0.15, 0.2) is 64.2 Å². The molecule has 4 aliphatic rings. The molecule has 6 nitrogen and oxygen atoms in total. The number of hydrogen-bond acceptors (Lipinski definition) is 3. The molecule has 2 aliphatic carbocycles. The first-order valence-corrected chi connectivity index (χ1v) is 7.49. The predicted molar refractivity (Wildman–Crippen MR) is 82.2 cm³/mol. The zero-order chi connectivity index (χ0) is 15.8. The summed E-state index contributed by atoms with van der Waals surface area (Å²) in [5.41, 5.74) is -0.914. The Morgan fingerprint density at radius 3 is 2.39 bits per heavy atom. The highest BCUT2D eigenvalue weighted by molar-refractivity contribution is 5.41. The molecule has 23 heavy (non-hydrogen) atoms. The van der Waals surface area contributed by atoms with Crippen molar-refractivity contribution in [2.75, 3.05) is 0 Å². The average molecular weight is 304 g/mol. The van der Waals surface area contributed by atoms with Crippen LogP contribution in [0.4, 0.5) is 0 Å². The third-order valence-electron chi connectivity index (χ3n) is 5.24. The first kappa shape index (κ1) is 12.5. The molecule has 0 N–H and O–H groups in total. The summed E-state index contributed by atoms with van der Waals surface area (Å²) in [7, 11) is 0. The second-order valence-corrected chi connectivity index (χ2v) is 6.18. The summed E-state index contributed by atoms with van der Waals surface area (Å²) >= 11 is 0. The molecule has 1 aromatic heterocycles. The van der Waals surface area contributed by atoms with Gasteiger partial charge in [0, 0.05) is 5.92 Å². The van der Waals surface area contributed by atoms with E-state index in [0.29, 0.717) is 5.69 Å². The van der Waals surface area contributed by atoms with E-state index in [0.717, 1.165) is 0 Å². The molecule has 0 saturated heterocycles. The molecule has 3 heterocycles. The molecular weight excluding hydrogens is 292 g/mol. The highest BCUT2D eigenvalue weighted by Crippen LogP contribution is 2.58. The van der Waals surface area contributed by atoms with E-state index in [4.69, 9.17) is 0 Å². The van der Waals surface area contributed by atoms with Crippen molar-refractivity contribution < 1.29 is 0 Å². The zero-order valence-electron chi connectivity index (χ0n) is 12.0. The molecule has 6 heteroatoms. The number of nitrogens with zero attached hydrogens (tertiary/aromatic N) is 4. The fraction of sp³-hybridized carbons (Fsp3) is 0.235. The van der Waals surface area contributed by atoms with Crippen LogP contribution in [0.5, 0.6) is 0 Å². The van der Waals surface area contributed by atoms with Crippen molar-refractivity contribution in [2.45, 2.75) is 12.1 Å². The van der Waals surface area contributed by atoms with Crippen LogP contribution in [0.3, 0.4) is 0 Å². The van der Waals surface area contributed by atoms with Gasteiger partial charge < -0.3 is 0 Å². The van der Waals surface area contributed by atoms with Gasteiger partial charge in [-0.2, -0.15) is 5.26 Å². The Morgan fingerprint density at radius 2 is 1.74 bits per heavy atom. The van der Waals surface area contributed by atoms with Gasteiger partial charge in [-0.15, -0.1) is 0 Å². The third-order valence-corrected chi connectivity index (χ3v) is 5.24. The highest BCUT2D eigenvalue weighted by Gasteiger charge is 2.59. The first-order chi connectivity index (χ1) is 11.2. The van der Waals surface area contributed by atoms with Gasteiger partial charge in [0.2, 0.25) is 0 Å². The molecule has 2 bridgehead atoms. The molecule has 2 aromatic rings. The lowest BCUT2D eigenvalue weighted by atomic mass is 9.57. The molecule has 0 amide bonds. The van der Waals surface area contributed by atoms with Crippen molar-refractivity contribution in [3.8, 4) is 11.8 Å². The first-order valence-electron chi connectivity index (χ1n) is 7.49. The van der Waals surface area contributed by atoms with Crippen LogP contribution in [0.2, 0.25) is 0 Å². The number of aromatic nitrogens is 3. The number of nitriles is 1. The molecule has 0 fully saturated rings. The minimum Gasteiger partial charge on any atom is -0.245 e. The van der Waals surface area contributed by atoms with Crippen molar-refractivity contribution in [3.63, 3.8) is 0 Å². The van der Waals surface area contributed by atoms with E-state index in [-0.39, 0.29) is 17.6 Å². The largest absolute Gasteiger partial charge is 0.352 e. The maximum absolute atomic E-state index is 12.9. The summed E-state index contributed by atoms with van der Waals surface area (Å²) in [6.45, 7) is 0. The SMILES string of the molecule is N#CC12C=CC1C1C=CC2n2c(=O)n(-c3ccccc3)c(=O)n21. The molecule has 0 saturated carbocycles. The van der Waals surface area contributed by atoms with Gasteiger partial charge in [0.05, 0.1) is 23.8 Å².